The van der Waals surface area contributed by atoms with E-state index < -0.39 is 11.8 Å². The van der Waals surface area contributed by atoms with Gasteiger partial charge in [0.25, 0.3) is 0 Å². The van der Waals surface area contributed by atoms with Crippen molar-refractivity contribution in [1.82, 2.24) is 0 Å². The molecule has 5 heteroatoms. The fraction of sp³-hybridized carbons (Fsp3) is 0.300. The van der Waals surface area contributed by atoms with Crippen molar-refractivity contribution < 1.29 is 13.9 Å². The summed E-state index contributed by atoms with van der Waals surface area (Å²) in [6.45, 7) is 0. The molecule has 1 rings (SSSR count). The highest BCUT2D eigenvalue weighted by Gasteiger charge is 2.11. The van der Waals surface area contributed by atoms with Crippen LogP contribution in [0.4, 0.5) is 4.39 Å². The third-order valence-corrected chi connectivity index (χ3v) is 2.95. The van der Waals surface area contributed by atoms with Crippen molar-refractivity contribution in [3.8, 4) is 0 Å². The van der Waals surface area contributed by atoms with Gasteiger partial charge < -0.3 is 4.74 Å². The van der Waals surface area contributed by atoms with Crippen LogP contribution in [0, 0.1) is 5.82 Å². The highest BCUT2D eigenvalue weighted by molar-refractivity contribution is 9.10. The predicted octanol–water partition coefficient (Wildman–Crippen LogP) is 3.04. The zero-order valence-corrected chi connectivity index (χ0v) is 10.4. The molecular weight excluding hydrogens is 286 g/mol. The second-order valence-corrected chi connectivity index (χ2v) is 4.04. The summed E-state index contributed by atoms with van der Waals surface area (Å²) in [5.41, 5.74) is 0.949. The second-order valence-electron chi connectivity index (χ2n) is 2.92. The van der Waals surface area contributed by atoms with E-state index in [2.05, 4.69) is 20.7 Å². The number of hydrogen-bond acceptors (Lipinski definition) is 2. The van der Waals surface area contributed by atoms with Crippen LogP contribution in [-0.4, -0.2) is 13.1 Å². The topological polar surface area (TPSA) is 26.3 Å². The monoisotopic (exact) mass is 294 g/mol. The van der Waals surface area contributed by atoms with Gasteiger partial charge in [0, 0.05) is 10.0 Å². The van der Waals surface area contributed by atoms with Gasteiger partial charge in [0.15, 0.2) is 0 Å². The summed E-state index contributed by atoms with van der Waals surface area (Å²) in [6, 6.07) is 2.86. The lowest BCUT2D eigenvalue weighted by atomic mass is 10.1. The Kier molecular flexibility index (Phi) is 4.54. The van der Waals surface area contributed by atoms with Crippen molar-refractivity contribution in [2.24, 2.45) is 0 Å². The molecule has 0 aliphatic carbocycles. The molecule has 2 nitrogen and oxygen atoms in total. The van der Waals surface area contributed by atoms with Gasteiger partial charge in [0.2, 0.25) is 0 Å². The molecule has 0 aliphatic heterocycles. The molecule has 0 radical (unpaired) electrons. The second kappa shape index (κ2) is 5.47. The Hall–Kier alpha value is -0.610. The van der Waals surface area contributed by atoms with E-state index in [1.165, 1.54) is 13.2 Å². The molecule has 1 aromatic carbocycles. The molecule has 0 aromatic heterocycles. The normalized spacial score (nSPS) is 10.1. The highest BCUT2D eigenvalue weighted by atomic mass is 79.9. The number of esters is 1. The van der Waals surface area contributed by atoms with Gasteiger partial charge in [0.1, 0.15) is 5.82 Å². The maximum absolute atomic E-state index is 13.3. The Labute approximate surface area is 101 Å². The summed E-state index contributed by atoms with van der Waals surface area (Å²) in [5, 5.41) is 0. The Balaban J connectivity index is 3.00. The molecule has 0 fully saturated rings. The third kappa shape index (κ3) is 3.18. The zero-order chi connectivity index (χ0) is 11.4. The molecule has 1 aromatic rings. The molecule has 0 saturated heterocycles. The SMILES string of the molecule is COC(=O)Cc1cc(F)c(CCl)cc1Br. The summed E-state index contributed by atoms with van der Waals surface area (Å²) in [7, 11) is 1.29. The van der Waals surface area contributed by atoms with Crippen LogP contribution in [0.25, 0.3) is 0 Å². The first-order valence-electron chi connectivity index (χ1n) is 4.18. The number of rotatable bonds is 3. The molecular formula is C10H9BrClFO2. The first kappa shape index (κ1) is 12.5. The van der Waals surface area contributed by atoms with Gasteiger partial charge >= 0.3 is 5.97 Å². The number of carbonyl (C=O) groups excluding carboxylic acids is 1. The average Bonchev–Trinajstić information content (AvgIpc) is 2.22. The Morgan fingerprint density at radius 1 is 1.53 bits per heavy atom. The first-order chi connectivity index (χ1) is 7.08. The van der Waals surface area contributed by atoms with E-state index in [4.69, 9.17) is 11.6 Å². The molecule has 82 valence electrons. The van der Waals surface area contributed by atoms with Crippen LogP contribution in [0.2, 0.25) is 0 Å². The third-order valence-electron chi connectivity index (χ3n) is 1.92. The largest absolute Gasteiger partial charge is 0.469 e. The van der Waals surface area contributed by atoms with Gasteiger partial charge in [-0.2, -0.15) is 0 Å². The summed E-state index contributed by atoms with van der Waals surface area (Å²) < 4.78 is 18.5. The molecule has 0 saturated carbocycles. The molecule has 0 heterocycles. The van der Waals surface area contributed by atoms with Gasteiger partial charge in [-0.15, -0.1) is 11.6 Å². The molecule has 15 heavy (non-hydrogen) atoms. The van der Waals surface area contributed by atoms with Crippen LogP contribution < -0.4 is 0 Å². The van der Waals surface area contributed by atoms with Crippen LogP contribution in [0.3, 0.4) is 0 Å². The summed E-state index contributed by atoms with van der Waals surface area (Å²) in [4.78, 5) is 11.0. The summed E-state index contributed by atoms with van der Waals surface area (Å²) >= 11 is 8.78. The minimum atomic E-state index is -0.410. The van der Waals surface area contributed by atoms with E-state index in [9.17, 15) is 9.18 Å². The molecule has 0 unspecified atom stereocenters. The van der Waals surface area contributed by atoms with Crippen molar-refractivity contribution >= 4 is 33.5 Å². The van der Waals surface area contributed by atoms with Gasteiger partial charge in [0.05, 0.1) is 19.4 Å². The minimum Gasteiger partial charge on any atom is -0.469 e. The van der Waals surface area contributed by atoms with Crippen LogP contribution in [0.5, 0.6) is 0 Å². The number of hydrogen-bond donors (Lipinski definition) is 0. The van der Waals surface area contributed by atoms with Gasteiger partial charge in [-0.25, -0.2) is 4.39 Å². The molecule has 0 bridgehead atoms. The number of alkyl halides is 1. The maximum Gasteiger partial charge on any atom is 0.310 e. The molecule has 0 atom stereocenters. The van der Waals surface area contributed by atoms with E-state index in [-0.39, 0.29) is 12.3 Å². The van der Waals surface area contributed by atoms with Gasteiger partial charge in [-0.1, -0.05) is 15.9 Å². The average molecular weight is 296 g/mol. The Morgan fingerprint density at radius 2 is 2.20 bits per heavy atom. The van der Waals surface area contributed by atoms with E-state index in [0.29, 0.717) is 15.6 Å². The smallest absolute Gasteiger partial charge is 0.310 e. The Morgan fingerprint density at radius 3 is 2.73 bits per heavy atom. The van der Waals surface area contributed by atoms with Crippen molar-refractivity contribution in [2.75, 3.05) is 7.11 Å². The van der Waals surface area contributed by atoms with Crippen molar-refractivity contribution in [3.05, 3.63) is 33.5 Å². The summed E-state index contributed by atoms with van der Waals surface area (Å²) in [5.74, 6) is -0.719. The highest BCUT2D eigenvalue weighted by Crippen LogP contribution is 2.23. The first-order valence-corrected chi connectivity index (χ1v) is 5.50. The minimum absolute atomic E-state index is 0.0383. The molecule has 0 spiro atoms. The van der Waals surface area contributed by atoms with Crippen LogP contribution in [-0.2, 0) is 21.8 Å². The quantitative estimate of drug-likeness (QED) is 0.633. The Bertz CT molecular complexity index is 382. The standard InChI is InChI=1S/C10H9BrClFO2/c1-15-10(14)4-6-3-9(13)7(5-12)2-8(6)11/h2-3H,4-5H2,1H3. The maximum atomic E-state index is 13.3. The molecule has 0 N–H and O–H groups in total. The lowest BCUT2D eigenvalue weighted by Gasteiger charge is -2.06. The zero-order valence-electron chi connectivity index (χ0n) is 8.02. The van der Waals surface area contributed by atoms with Crippen molar-refractivity contribution in [3.63, 3.8) is 0 Å². The lowest BCUT2D eigenvalue weighted by Crippen LogP contribution is -2.06. The van der Waals surface area contributed by atoms with Crippen LogP contribution in [0.15, 0.2) is 16.6 Å². The van der Waals surface area contributed by atoms with Crippen LogP contribution >= 0.6 is 27.5 Å². The number of halogens is 3. The number of benzene rings is 1. The predicted molar refractivity (Wildman–Crippen MR) is 59.4 cm³/mol. The van der Waals surface area contributed by atoms with Crippen molar-refractivity contribution in [1.29, 1.82) is 0 Å². The van der Waals surface area contributed by atoms with E-state index >= 15 is 0 Å². The van der Waals surface area contributed by atoms with E-state index in [0.717, 1.165) is 0 Å². The molecule has 0 amide bonds. The summed E-state index contributed by atoms with van der Waals surface area (Å²) in [6.07, 6.45) is 0.0383. The van der Waals surface area contributed by atoms with Gasteiger partial charge in [-0.3, -0.25) is 4.79 Å². The van der Waals surface area contributed by atoms with E-state index in [1.807, 2.05) is 0 Å². The number of ether oxygens (including phenoxy) is 1. The van der Waals surface area contributed by atoms with Gasteiger partial charge in [-0.05, 0) is 17.7 Å². The van der Waals surface area contributed by atoms with Crippen molar-refractivity contribution in [2.45, 2.75) is 12.3 Å². The number of carbonyl (C=O) groups is 1. The molecule has 0 aliphatic rings. The lowest BCUT2D eigenvalue weighted by molar-refractivity contribution is -0.139. The number of methoxy groups -OCH3 is 1. The fourth-order valence-corrected chi connectivity index (χ4v) is 1.83. The van der Waals surface area contributed by atoms with Crippen LogP contribution in [0.1, 0.15) is 11.1 Å². The fourth-order valence-electron chi connectivity index (χ4n) is 1.09. The van der Waals surface area contributed by atoms with E-state index in [1.54, 1.807) is 6.07 Å².